The van der Waals surface area contributed by atoms with Gasteiger partial charge in [-0.3, -0.25) is 0 Å². The van der Waals surface area contributed by atoms with Crippen LogP contribution >= 0.6 is 68.0 Å². The van der Waals surface area contributed by atoms with Crippen molar-refractivity contribution in [2.45, 2.75) is 27.7 Å². The van der Waals surface area contributed by atoms with Crippen molar-refractivity contribution in [2.75, 3.05) is 0 Å². The van der Waals surface area contributed by atoms with Gasteiger partial charge in [0, 0.05) is 73.0 Å². The molecule has 6 heterocycles. The maximum absolute atomic E-state index is 9.35. The average molecular weight is 881 g/mol. The summed E-state index contributed by atoms with van der Waals surface area (Å²) in [5, 5.41) is 39.8. The fraction of sp³-hybridized carbons (Fsp3) is 0.0833. The van der Waals surface area contributed by atoms with Gasteiger partial charge in [-0.05, 0) is 110 Å². The largest absolute Gasteiger partial charge is 0.244 e. The summed E-state index contributed by atoms with van der Waals surface area (Å²) in [5.41, 5.74) is 10.1. The van der Waals surface area contributed by atoms with Crippen LogP contribution in [0.4, 0.5) is 0 Å². The van der Waals surface area contributed by atoms with E-state index in [2.05, 4.69) is 110 Å². The summed E-state index contributed by atoms with van der Waals surface area (Å²) in [6, 6.07) is 34.3. The molecule has 0 saturated carbocycles. The van der Waals surface area contributed by atoms with Crippen LogP contribution in [0, 0.1) is 73.0 Å². The molecule has 0 atom stereocenters. The molecule has 9 rings (SSSR count). The Hall–Kier alpha value is -6.32. The molecule has 0 bridgehead atoms. The van der Waals surface area contributed by atoms with E-state index in [0.29, 0.717) is 9.06 Å². The van der Waals surface area contributed by atoms with E-state index in [-0.39, 0.29) is 11.1 Å². The van der Waals surface area contributed by atoms with Crippen molar-refractivity contribution in [3.05, 3.63) is 136 Å². The zero-order chi connectivity index (χ0) is 41.7. The molecule has 286 valence electrons. The quantitative estimate of drug-likeness (QED) is 0.164. The van der Waals surface area contributed by atoms with E-state index >= 15 is 0 Å². The van der Waals surface area contributed by atoms with Gasteiger partial charge >= 0.3 is 0 Å². The van der Waals surface area contributed by atoms with Crippen LogP contribution in [-0.2, 0) is 0 Å². The zero-order valence-corrected chi connectivity index (χ0v) is 37.3. The number of nitrogens with zero attached hydrogens (tertiary/aromatic N) is 6. The number of thiazole rings is 2. The van der Waals surface area contributed by atoms with Gasteiger partial charge in [-0.25, -0.2) is 9.97 Å². The van der Waals surface area contributed by atoms with Crippen molar-refractivity contribution in [3.8, 4) is 66.0 Å². The number of aryl methyl sites for hydroxylation is 4. The first-order valence-electron chi connectivity index (χ1n) is 18.5. The lowest BCUT2D eigenvalue weighted by atomic mass is 9.87. The number of fused-ring (bicyclic) bond motifs is 2. The molecule has 6 aromatic heterocycles. The second-order valence-electron chi connectivity index (χ2n) is 14.0. The maximum Gasteiger partial charge on any atom is 0.148 e. The highest BCUT2D eigenvalue weighted by Gasteiger charge is 2.26. The van der Waals surface area contributed by atoms with Gasteiger partial charge in [0.1, 0.15) is 44.7 Å². The van der Waals surface area contributed by atoms with Gasteiger partial charge in [-0.15, -0.1) is 68.0 Å². The zero-order valence-electron chi connectivity index (χ0n) is 32.4. The van der Waals surface area contributed by atoms with Crippen molar-refractivity contribution in [3.63, 3.8) is 0 Å². The van der Waals surface area contributed by atoms with Crippen LogP contribution < -0.4 is 18.4 Å². The van der Waals surface area contributed by atoms with Crippen LogP contribution in [0.25, 0.3) is 85.2 Å². The predicted octanol–water partition coefficient (Wildman–Crippen LogP) is 11.1. The van der Waals surface area contributed by atoms with Crippen LogP contribution in [0.3, 0.4) is 0 Å². The lowest BCUT2D eigenvalue weighted by molar-refractivity contribution is 1.35. The van der Waals surface area contributed by atoms with E-state index in [4.69, 9.17) is 0 Å². The van der Waals surface area contributed by atoms with Gasteiger partial charge in [-0.1, -0.05) is 36.4 Å². The summed E-state index contributed by atoms with van der Waals surface area (Å²) in [6.07, 6.45) is 7.23. The minimum atomic E-state index is 0.0729. The Labute approximate surface area is 369 Å². The summed E-state index contributed by atoms with van der Waals surface area (Å²) < 4.78 is 5.15. The minimum Gasteiger partial charge on any atom is -0.244 e. The molecule has 3 aromatic carbocycles. The Balaban J connectivity index is 1.27. The smallest absolute Gasteiger partial charge is 0.148 e. The topological polar surface area (TPSA) is 121 Å². The Morgan fingerprint density at radius 2 is 0.850 bits per heavy atom. The number of hydrogen-bond acceptors (Lipinski definition) is 12. The van der Waals surface area contributed by atoms with Gasteiger partial charge in [0.15, 0.2) is 0 Å². The molecule has 0 N–H and O–H groups in total. The molecular formula is C48H28N6S6. The predicted molar refractivity (Wildman–Crippen MR) is 253 cm³/mol. The molecule has 60 heavy (non-hydrogen) atoms. The Morgan fingerprint density at radius 1 is 0.467 bits per heavy atom. The van der Waals surface area contributed by atoms with Crippen molar-refractivity contribution in [1.82, 2.24) is 9.97 Å². The number of benzene rings is 3. The van der Waals surface area contributed by atoms with Crippen LogP contribution in [0.5, 0.6) is 0 Å². The van der Waals surface area contributed by atoms with Crippen LogP contribution in [0.1, 0.15) is 32.0 Å². The van der Waals surface area contributed by atoms with Crippen molar-refractivity contribution < 1.29 is 0 Å². The number of hydrogen-bond donors (Lipinski definition) is 0. The molecule has 0 amide bonds. The molecule has 0 aliphatic heterocycles. The molecule has 9 aromatic rings. The van der Waals surface area contributed by atoms with E-state index in [9.17, 15) is 21.0 Å². The Morgan fingerprint density at radius 3 is 1.22 bits per heavy atom. The molecule has 0 fully saturated rings. The fourth-order valence-corrected chi connectivity index (χ4v) is 13.8. The third kappa shape index (κ3) is 7.00. The molecule has 0 aliphatic rings. The van der Waals surface area contributed by atoms with E-state index < -0.39 is 0 Å². The highest BCUT2D eigenvalue weighted by molar-refractivity contribution is 7.28. The summed E-state index contributed by atoms with van der Waals surface area (Å²) in [7, 11) is 0. The van der Waals surface area contributed by atoms with Crippen LogP contribution in [0.2, 0.25) is 0 Å². The standard InChI is InChI=1S/C48H28N6S6/c1-25-7-5-8-26(2)43(25)45-33-17-37(35-13-11-31(55-35)15-41-53-23-39(57-41)29(19-49)20-50)60-48(33)46(44-27(3)9-6-10-28(44)4)34-18-38(59-47(34)45)36-14-12-32(56-36)16-42-54-24-40(58-42)30(21-51)22-52/h5-18,23-24H,1-4H3/b41-15-,42-16-. The lowest BCUT2D eigenvalue weighted by Gasteiger charge is -2.18. The molecule has 0 aliphatic carbocycles. The van der Waals surface area contributed by atoms with Crippen molar-refractivity contribution in [1.29, 1.82) is 21.0 Å². The maximum atomic E-state index is 9.35. The number of thiophene rings is 4. The first-order valence-corrected chi connectivity index (χ1v) is 23.4. The van der Waals surface area contributed by atoms with Crippen molar-refractivity contribution in [2.24, 2.45) is 0 Å². The summed E-state index contributed by atoms with van der Waals surface area (Å²) >= 11 is 9.78. The molecule has 0 radical (unpaired) electrons. The summed E-state index contributed by atoms with van der Waals surface area (Å²) in [6.45, 7) is 8.83. The normalized spacial score (nSPS) is 11.8. The highest BCUT2D eigenvalue weighted by atomic mass is 32.1. The van der Waals surface area contributed by atoms with Crippen LogP contribution in [0.15, 0.2) is 85.2 Å². The second kappa shape index (κ2) is 16.0. The van der Waals surface area contributed by atoms with Crippen LogP contribution in [-0.4, -0.2) is 9.97 Å². The second-order valence-corrected chi connectivity index (χ2v) is 20.5. The third-order valence-corrected chi connectivity index (χ3v) is 16.9. The number of nitriles is 4. The SMILES string of the molecule is Cc1cccc(C)c1-c1c2cc(-c3ccc(/C=c4/ncc(=C(C#N)C#N)s4)s3)sc2c(-c2c(C)cccc2C)c2cc(-c3ccc(/C=c4/ncc(=C(C#N)C#N)s4)s3)sc12. The first-order chi connectivity index (χ1) is 29.2. The van der Waals surface area contributed by atoms with Gasteiger partial charge in [0.05, 0.1) is 9.06 Å². The Bertz CT molecular complexity index is 3300. The number of aromatic nitrogens is 2. The monoisotopic (exact) mass is 880 g/mol. The number of rotatable bonds is 6. The summed E-state index contributed by atoms with van der Waals surface area (Å²) in [4.78, 5) is 15.8. The molecule has 0 unspecified atom stereocenters. The van der Waals surface area contributed by atoms with E-state index in [1.54, 1.807) is 35.1 Å². The molecule has 12 heteroatoms. The van der Waals surface area contributed by atoms with E-state index in [0.717, 1.165) is 28.8 Å². The van der Waals surface area contributed by atoms with Gasteiger partial charge < -0.3 is 0 Å². The van der Waals surface area contributed by atoms with E-state index in [1.165, 1.54) is 97.1 Å². The Kier molecular flexibility index (Phi) is 10.5. The van der Waals surface area contributed by atoms with Gasteiger partial charge in [-0.2, -0.15) is 21.0 Å². The van der Waals surface area contributed by atoms with E-state index in [1.807, 2.05) is 59.1 Å². The highest BCUT2D eigenvalue weighted by Crippen LogP contribution is 2.54. The fourth-order valence-electron chi connectivity index (χ4n) is 7.51. The molecule has 6 nitrogen and oxygen atoms in total. The van der Waals surface area contributed by atoms with Gasteiger partial charge in [0.25, 0.3) is 0 Å². The molecular weight excluding hydrogens is 853 g/mol. The van der Waals surface area contributed by atoms with Gasteiger partial charge in [0.2, 0.25) is 0 Å². The first kappa shape index (κ1) is 39.2. The molecule has 0 spiro atoms. The minimum absolute atomic E-state index is 0.0729. The molecule has 0 saturated heterocycles. The summed E-state index contributed by atoms with van der Waals surface area (Å²) in [5.74, 6) is 0. The average Bonchev–Trinajstić information content (AvgIpc) is 4.10. The lowest BCUT2D eigenvalue weighted by Crippen LogP contribution is -1.97. The van der Waals surface area contributed by atoms with Crippen molar-refractivity contribution >= 4 is 111 Å². The third-order valence-electron chi connectivity index (χ3n) is 10.2.